The Hall–Kier alpha value is -1.27. The van der Waals surface area contributed by atoms with E-state index in [1.54, 1.807) is 36.4 Å². The summed E-state index contributed by atoms with van der Waals surface area (Å²) in [7, 11) is -3.75. The Kier molecular flexibility index (Phi) is 4.12. The lowest BCUT2D eigenvalue weighted by molar-refractivity contribution is 0.307. The second-order valence-corrected chi connectivity index (χ2v) is 7.69. The minimum absolute atomic E-state index is 0.487. The Balaban J connectivity index is 1.83. The Labute approximate surface area is 127 Å². The molecule has 3 rings (SSSR count). The first-order valence-corrected chi connectivity index (χ1v) is 9.63. The van der Waals surface area contributed by atoms with Gasteiger partial charge in [-0.1, -0.05) is 0 Å². The molecule has 0 radical (unpaired) electrons. The summed E-state index contributed by atoms with van der Waals surface area (Å²) in [5.41, 5.74) is 0. The normalized spacial score (nSPS) is 11.2. The lowest BCUT2D eigenvalue weighted by Crippen LogP contribution is -2.05. The number of thiophene rings is 3. The van der Waals surface area contributed by atoms with Crippen LogP contribution in [0, 0.1) is 0 Å². The first kappa shape index (κ1) is 13.7. The summed E-state index contributed by atoms with van der Waals surface area (Å²) in [5, 5.41) is 6.95. The fourth-order valence-corrected chi connectivity index (χ4v) is 4.97. The highest BCUT2D eigenvalue weighted by Gasteiger charge is 2.34. The Bertz CT molecular complexity index is 581. The number of phosphoric acid groups is 1. The molecule has 0 aliphatic heterocycles. The molecule has 0 saturated carbocycles. The van der Waals surface area contributed by atoms with Crippen LogP contribution in [-0.2, 0) is 4.57 Å². The van der Waals surface area contributed by atoms with Gasteiger partial charge in [0.1, 0.15) is 0 Å². The lowest BCUT2D eigenvalue weighted by atomic mass is 10.7. The van der Waals surface area contributed by atoms with Crippen molar-refractivity contribution < 1.29 is 18.1 Å². The summed E-state index contributed by atoms with van der Waals surface area (Å²) >= 11 is 3.98. The van der Waals surface area contributed by atoms with Crippen molar-refractivity contribution in [2.75, 3.05) is 0 Å². The van der Waals surface area contributed by atoms with Gasteiger partial charge in [0.25, 0.3) is 0 Å². The van der Waals surface area contributed by atoms with Gasteiger partial charge in [-0.25, -0.2) is 0 Å². The SMILES string of the molecule is O=P(Oc1cccs1)(Oc1cccs1)Oc1cccs1. The molecule has 0 spiro atoms. The zero-order valence-corrected chi connectivity index (χ0v) is 13.3. The molecule has 20 heavy (non-hydrogen) atoms. The quantitative estimate of drug-likeness (QED) is 0.553. The van der Waals surface area contributed by atoms with Crippen molar-refractivity contribution in [3.8, 4) is 15.2 Å². The molecule has 0 saturated heterocycles. The third-order valence-electron chi connectivity index (χ3n) is 2.09. The van der Waals surface area contributed by atoms with E-state index in [0.29, 0.717) is 15.2 Å². The maximum absolute atomic E-state index is 12.8. The summed E-state index contributed by atoms with van der Waals surface area (Å²) in [6, 6.07) is 10.6. The van der Waals surface area contributed by atoms with Gasteiger partial charge in [-0.2, -0.15) is 4.57 Å². The molecule has 0 aliphatic carbocycles. The average molecular weight is 344 g/mol. The molecule has 0 N–H and O–H groups in total. The first-order valence-electron chi connectivity index (χ1n) is 5.53. The number of hydrogen-bond acceptors (Lipinski definition) is 7. The van der Waals surface area contributed by atoms with Crippen molar-refractivity contribution in [2.45, 2.75) is 0 Å². The zero-order chi connectivity index (χ0) is 13.8. The summed E-state index contributed by atoms with van der Waals surface area (Å²) < 4.78 is 29.1. The molecule has 0 atom stereocenters. The Morgan fingerprint density at radius 2 is 1.05 bits per heavy atom. The highest BCUT2D eigenvalue weighted by Crippen LogP contribution is 2.52. The topological polar surface area (TPSA) is 44.8 Å². The Morgan fingerprint density at radius 1 is 0.700 bits per heavy atom. The molecule has 0 amide bonds. The maximum atomic E-state index is 12.8. The molecular formula is C12H9O4PS3. The van der Waals surface area contributed by atoms with E-state index in [-0.39, 0.29) is 0 Å². The predicted octanol–water partition coefficient (Wildman–Crippen LogP) is 5.52. The third kappa shape index (κ3) is 3.43. The van der Waals surface area contributed by atoms with Crippen LogP contribution in [0.25, 0.3) is 0 Å². The molecule has 104 valence electrons. The minimum atomic E-state index is -3.75. The molecule has 4 nitrogen and oxygen atoms in total. The lowest BCUT2D eigenvalue weighted by Gasteiger charge is -2.16. The molecule has 8 heteroatoms. The van der Waals surface area contributed by atoms with Crippen molar-refractivity contribution in [3.63, 3.8) is 0 Å². The van der Waals surface area contributed by atoms with Crippen LogP contribution in [0.1, 0.15) is 0 Å². The van der Waals surface area contributed by atoms with Crippen molar-refractivity contribution in [2.24, 2.45) is 0 Å². The minimum Gasteiger partial charge on any atom is -0.375 e. The molecule has 0 unspecified atom stereocenters. The van der Waals surface area contributed by atoms with E-state index < -0.39 is 7.82 Å². The van der Waals surface area contributed by atoms with Crippen LogP contribution in [0.2, 0.25) is 0 Å². The zero-order valence-electron chi connectivity index (χ0n) is 10.0. The van der Waals surface area contributed by atoms with E-state index in [0.717, 1.165) is 0 Å². The van der Waals surface area contributed by atoms with Gasteiger partial charge in [0.05, 0.1) is 0 Å². The molecule has 0 aliphatic rings. The summed E-state index contributed by atoms with van der Waals surface area (Å²) in [4.78, 5) is 0. The first-order chi connectivity index (χ1) is 9.73. The smallest absolute Gasteiger partial charge is 0.375 e. The average Bonchev–Trinajstić information content (AvgIpc) is 3.11. The molecule has 0 aromatic carbocycles. The highest BCUT2D eigenvalue weighted by molar-refractivity contribution is 7.50. The van der Waals surface area contributed by atoms with E-state index in [9.17, 15) is 4.57 Å². The van der Waals surface area contributed by atoms with Crippen LogP contribution < -0.4 is 13.6 Å². The van der Waals surface area contributed by atoms with Crippen LogP contribution in [0.3, 0.4) is 0 Å². The van der Waals surface area contributed by atoms with Gasteiger partial charge in [0.2, 0.25) is 0 Å². The van der Waals surface area contributed by atoms with Gasteiger partial charge in [-0.3, -0.25) is 0 Å². The van der Waals surface area contributed by atoms with Crippen molar-refractivity contribution in [1.82, 2.24) is 0 Å². The predicted molar refractivity (Wildman–Crippen MR) is 82.4 cm³/mol. The maximum Gasteiger partial charge on any atom is 0.649 e. The monoisotopic (exact) mass is 344 g/mol. The molecule has 0 bridgehead atoms. The fraction of sp³-hybridized carbons (Fsp3) is 0. The van der Waals surface area contributed by atoms with E-state index in [1.807, 2.05) is 16.1 Å². The second kappa shape index (κ2) is 6.01. The van der Waals surface area contributed by atoms with Gasteiger partial charge < -0.3 is 13.6 Å². The fourth-order valence-electron chi connectivity index (χ4n) is 1.33. The molecule has 0 fully saturated rings. The number of phosphoric ester groups is 1. The summed E-state index contributed by atoms with van der Waals surface area (Å²) in [6.07, 6.45) is 0. The summed E-state index contributed by atoms with van der Waals surface area (Å²) in [6.45, 7) is 0. The van der Waals surface area contributed by atoms with E-state index in [2.05, 4.69) is 0 Å². The van der Waals surface area contributed by atoms with Crippen molar-refractivity contribution >= 4 is 41.8 Å². The van der Waals surface area contributed by atoms with Crippen molar-refractivity contribution in [3.05, 3.63) is 52.5 Å². The largest absolute Gasteiger partial charge is 0.649 e. The Morgan fingerprint density at radius 3 is 1.30 bits per heavy atom. The van der Waals surface area contributed by atoms with Crippen LogP contribution >= 0.6 is 41.8 Å². The standard InChI is InChI=1S/C12H9O4PS3/c13-17(14-10-4-1-7-18-10,15-11-5-2-8-19-11)16-12-6-3-9-20-12/h1-9H. The van der Waals surface area contributed by atoms with E-state index in [4.69, 9.17) is 13.6 Å². The summed E-state index contributed by atoms with van der Waals surface area (Å²) in [5.74, 6) is 0. The molecular weight excluding hydrogens is 335 g/mol. The number of rotatable bonds is 6. The number of hydrogen-bond donors (Lipinski definition) is 0. The van der Waals surface area contributed by atoms with Crippen LogP contribution in [0.5, 0.6) is 15.2 Å². The van der Waals surface area contributed by atoms with Gasteiger partial charge in [0, 0.05) is 0 Å². The second-order valence-electron chi connectivity index (χ2n) is 3.52. The third-order valence-corrected chi connectivity index (χ3v) is 5.96. The molecule has 3 heterocycles. The van der Waals surface area contributed by atoms with Crippen LogP contribution in [-0.4, -0.2) is 0 Å². The van der Waals surface area contributed by atoms with Crippen molar-refractivity contribution in [1.29, 1.82) is 0 Å². The van der Waals surface area contributed by atoms with Crippen LogP contribution in [0.4, 0.5) is 0 Å². The van der Waals surface area contributed by atoms with Gasteiger partial charge in [-0.15, -0.1) is 34.0 Å². The van der Waals surface area contributed by atoms with Gasteiger partial charge in [0.15, 0.2) is 15.2 Å². The highest BCUT2D eigenvalue weighted by atomic mass is 32.1. The van der Waals surface area contributed by atoms with E-state index in [1.165, 1.54) is 34.0 Å². The van der Waals surface area contributed by atoms with Gasteiger partial charge >= 0.3 is 7.82 Å². The molecule has 3 aromatic rings. The van der Waals surface area contributed by atoms with E-state index >= 15 is 0 Å². The van der Waals surface area contributed by atoms with Crippen LogP contribution in [0.15, 0.2) is 52.5 Å². The molecule has 3 aromatic heterocycles. The van der Waals surface area contributed by atoms with Gasteiger partial charge in [-0.05, 0) is 52.5 Å².